The lowest BCUT2D eigenvalue weighted by Crippen LogP contribution is -2.07. The Bertz CT molecular complexity index is 662. The summed E-state index contributed by atoms with van der Waals surface area (Å²) in [6.45, 7) is 0.440. The van der Waals surface area contributed by atoms with Crippen LogP contribution in [-0.2, 0) is 6.54 Å². The standard InChI is InChI=1S/C14H13N5/c15-9-12-7-4-8-13(11-5-2-1-3-6-11)14(12)19-10-16-17-18-19/h1-8,10H,9,15H2. The van der Waals surface area contributed by atoms with E-state index in [0.717, 1.165) is 22.4 Å². The zero-order valence-electron chi connectivity index (χ0n) is 10.3. The Hall–Kier alpha value is -2.53. The lowest BCUT2D eigenvalue weighted by atomic mass is 10.00. The quantitative estimate of drug-likeness (QED) is 0.770. The summed E-state index contributed by atoms with van der Waals surface area (Å²) < 4.78 is 1.66. The molecule has 0 aliphatic carbocycles. The van der Waals surface area contributed by atoms with Crippen molar-refractivity contribution in [3.8, 4) is 16.8 Å². The number of nitrogens with two attached hydrogens (primary N) is 1. The number of rotatable bonds is 3. The maximum atomic E-state index is 5.82. The molecule has 0 aliphatic rings. The predicted octanol–water partition coefficient (Wildman–Crippen LogP) is 1.79. The monoisotopic (exact) mass is 251 g/mol. The first-order chi connectivity index (χ1) is 9.40. The summed E-state index contributed by atoms with van der Waals surface area (Å²) in [4.78, 5) is 0. The van der Waals surface area contributed by atoms with Gasteiger partial charge in [0, 0.05) is 12.1 Å². The molecule has 0 spiro atoms. The van der Waals surface area contributed by atoms with Crippen LogP contribution in [0.2, 0.25) is 0 Å². The predicted molar refractivity (Wildman–Crippen MR) is 72.5 cm³/mol. The van der Waals surface area contributed by atoms with Crippen molar-refractivity contribution in [3.05, 3.63) is 60.4 Å². The molecule has 1 aromatic heterocycles. The summed E-state index contributed by atoms with van der Waals surface area (Å²) in [6.07, 6.45) is 1.58. The van der Waals surface area contributed by atoms with Crippen LogP contribution in [0.15, 0.2) is 54.9 Å². The molecule has 3 rings (SSSR count). The maximum absolute atomic E-state index is 5.82. The Balaban J connectivity index is 2.25. The van der Waals surface area contributed by atoms with E-state index in [0.29, 0.717) is 6.54 Å². The van der Waals surface area contributed by atoms with Crippen LogP contribution < -0.4 is 5.73 Å². The molecule has 0 atom stereocenters. The van der Waals surface area contributed by atoms with Gasteiger partial charge < -0.3 is 5.73 Å². The molecule has 0 radical (unpaired) electrons. The molecule has 5 nitrogen and oxygen atoms in total. The fraction of sp³-hybridized carbons (Fsp3) is 0.0714. The van der Waals surface area contributed by atoms with Crippen LogP contribution >= 0.6 is 0 Å². The van der Waals surface area contributed by atoms with Crippen LogP contribution in [0.3, 0.4) is 0 Å². The zero-order valence-corrected chi connectivity index (χ0v) is 10.3. The van der Waals surface area contributed by atoms with Gasteiger partial charge in [-0.15, -0.1) is 5.10 Å². The van der Waals surface area contributed by atoms with E-state index < -0.39 is 0 Å². The van der Waals surface area contributed by atoms with Crippen molar-refractivity contribution in [2.75, 3.05) is 0 Å². The normalized spacial score (nSPS) is 10.6. The first-order valence-electron chi connectivity index (χ1n) is 6.01. The molecule has 0 saturated heterocycles. The molecule has 2 aromatic carbocycles. The van der Waals surface area contributed by atoms with Gasteiger partial charge in [-0.25, -0.2) is 0 Å². The molecule has 94 valence electrons. The molecule has 19 heavy (non-hydrogen) atoms. The van der Waals surface area contributed by atoms with Crippen LogP contribution in [0.25, 0.3) is 16.8 Å². The van der Waals surface area contributed by atoms with Crippen molar-refractivity contribution < 1.29 is 0 Å². The van der Waals surface area contributed by atoms with E-state index in [-0.39, 0.29) is 0 Å². The highest BCUT2D eigenvalue weighted by Gasteiger charge is 2.12. The molecular weight excluding hydrogens is 238 g/mol. The Labute approximate surface area is 110 Å². The maximum Gasteiger partial charge on any atom is 0.143 e. The number of para-hydroxylation sites is 1. The molecule has 3 aromatic rings. The second-order valence-corrected chi connectivity index (χ2v) is 4.14. The lowest BCUT2D eigenvalue weighted by Gasteiger charge is -2.13. The molecule has 0 unspecified atom stereocenters. The number of aromatic nitrogens is 4. The number of nitrogens with zero attached hydrogens (tertiary/aromatic N) is 4. The van der Waals surface area contributed by atoms with Crippen molar-refractivity contribution >= 4 is 0 Å². The van der Waals surface area contributed by atoms with E-state index in [1.165, 1.54) is 0 Å². The highest BCUT2D eigenvalue weighted by atomic mass is 15.5. The fourth-order valence-corrected chi connectivity index (χ4v) is 2.14. The van der Waals surface area contributed by atoms with E-state index in [4.69, 9.17) is 5.73 Å². The summed E-state index contributed by atoms with van der Waals surface area (Å²) >= 11 is 0. The summed E-state index contributed by atoms with van der Waals surface area (Å²) in [5.41, 5.74) is 9.94. The first-order valence-corrected chi connectivity index (χ1v) is 6.01. The Morgan fingerprint density at radius 3 is 2.53 bits per heavy atom. The average Bonchev–Trinajstić information content (AvgIpc) is 3.01. The Kier molecular flexibility index (Phi) is 3.04. The number of tetrazole rings is 1. The zero-order chi connectivity index (χ0) is 13.1. The molecule has 1 heterocycles. The lowest BCUT2D eigenvalue weighted by molar-refractivity contribution is 0.781. The van der Waals surface area contributed by atoms with Crippen molar-refractivity contribution in [1.82, 2.24) is 20.2 Å². The largest absolute Gasteiger partial charge is 0.326 e. The van der Waals surface area contributed by atoms with Crippen molar-refractivity contribution in [2.24, 2.45) is 5.73 Å². The van der Waals surface area contributed by atoms with E-state index in [2.05, 4.69) is 27.7 Å². The summed E-state index contributed by atoms with van der Waals surface area (Å²) in [5.74, 6) is 0. The van der Waals surface area contributed by atoms with E-state index >= 15 is 0 Å². The van der Waals surface area contributed by atoms with Gasteiger partial charge in [-0.1, -0.05) is 48.5 Å². The van der Waals surface area contributed by atoms with Gasteiger partial charge in [-0.05, 0) is 21.6 Å². The third kappa shape index (κ3) is 2.11. The molecular formula is C14H13N5. The molecule has 5 heteroatoms. The smallest absolute Gasteiger partial charge is 0.143 e. The van der Waals surface area contributed by atoms with Gasteiger partial charge in [0.05, 0.1) is 5.69 Å². The average molecular weight is 251 g/mol. The van der Waals surface area contributed by atoms with Gasteiger partial charge in [-0.3, -0.25) is 0 Å². The van der Waals surface area contributed by atoms with Crippen molar-refractivity contribution in [1.29, 1.82) is 0 Å². The SMILES string of the molecule is NCc1cccc(-c2ccccc2)c1-n1cnnn1. The minimum atomic E-state index is 0.440. The Morgan fingerprint density at radius 2 is 1.84 bits per heavy atom. The molecule has 0 amide bonds. The summed E-state index contributed by atoms with van der Waals surface area (Å²) in [5, 5.41) is 11.4. The minimum Gasteiger partial charge on any atom is -0.326 e. The number of hydrogen-bond acceptors (Lipinski definition) is 4. The fourth-order valence-electron chi connectivity index (χ4n) is 2.14. The van der Waals surface area contributed by atoms with Gasteiger partial charge in [-0.2, -0.15) is 4.68 Å². The Morgan fingerprint density at radius 1 is 1.00 bits per heavy atom. The van der Waals surface area contributed by atoms with Crippen LogP contribution in [0.4, 0.5) is 0 Å². The van der Waals surface area contributed by atoms with Gasteiger partial charge >= 0.3 is 0 Å². The molecule has 2 N–H and O–H groups in total. The van der Waals surface area contributed by atoms with E-state index in [1.807, 2.05) is 36.4 Å². The second-order valence-electron chi connectivity index (χ2n) is 4.14. The van der Waals surface area contributed by atoms with Gasteiger partial charge in [0.1, 0.15) is 6.33 Å². The van der Waals surface area contributed by atoms with Gasteiger partial charge in [0.15, 0.2) is 0 Å². The van der Waals surface area contributed by atoms with Crippen LogP contribution in [0, 0.1) is 0 Å². The molecule has 0 fully saturated rings. The second kappa shape index (κ2) is 4.99. The summed E-state index contributed by atoms with van der Waals surface area (Å²) in [6, 6.07) is 16.2. The van der Waals surface area contributed by atoms with Crippen molar-refractivity contribution in [2.45, 2.75) is 6.54 Å². The van der Waals surface area contributed by atoms with Crippen LogP contribution in [-0.4, -0.2) is 20.2 Å². The van der Waals surface area contributed by atoms with Crippen molar-refractivity contribution in [3.63, 3.8) is 0 Å². The van der Waals surface area contributed by atoms with Crippen LogP contribution in [0.5, 0.6) is 0 Å². The van der Waals surface area contributed by atoms with Gasteiger partial charge in [0.2, 0.25) is 0 Å². The third-order valence-corrected chi connectivity index (χ3v) is 3.00. The molecule has 0 aliphatic heterocycles. The summed E-state index contributed by atoms with van der Waals surface area (Å²) in [7, 11) is 0. The minimum absolute atomic E-state index is 0.440. The topological polar surface area (TPSA) is 69.6 Å². The first kappa shape index (κ1) is 11.6. The van der Waals surface area contributed by atoms with E-state index in [1.54, 1.807) is 11.0 Å². The molecule has 0 saturated carbocycles. The highest BCUT2D eigenvalue weighted by Crippen LogP contribution is 2.28. The van der Waals surface area contributed by atoms with Crippen LogP contribution in [0.1, 0.15) is 5.56 Å². The molecule has 0 bridgehead atoms. The van der Waals surface area contributed by atoms with Gasteiger partial charge in [0.25, 0.3) is 0 Å². The number of hydrogen-bond donors (Lipinski definition) is 1. The third-order valence-electron chi connectivity index (χ3n) is 3.00. The van der Waals surface area contributed by atoms with E-state index in [9.17, 15) is 0 Å². The number of benzene rings is 2. The highest BCUT2D eigenvalue weighted by molar-refractivity contribution is 5.74.